The molecular formula is C11H16N2O2. The highest BCUT2D eigenvalue weighted by atomic mass is 16.3. The highest BCUT2D eigenvalue weighted by Crippen LogP contribution is 2.06. The Morgan fingerprint density at radius 3 is 2.93 bits per heavy atom. The monoisotopic (exact) mass is 208 g/mol. The van der Waals surface area contributed by atoms with Crippen LogP contribution in [0.15, 0.2) is 24.3 Å². The Kier molecular flexibility index (Phi) is 4.27. The summed E-state index contributed by atoms with van der Waals surface area (Å²) in [5, 5.41) is 11.8. The van der Waals surface area contributed by atoms with Gasteiger partial charge in [0.15, 0.2) is 5.78 Å². The van der Waals surface area contributed by atoms with Gasteiger partial charge in [0.25, 0.3) is 0 Å². The second-order valence-electron chi connectivity index (χ2n) is 3.53. The maximum atomic E-state index is 11.6. The van der Waals surface area contributed by atoms with Gasteiger partial charge in [0.1, 0.15) is 0 Å². The largest absolute Gasteiger partial charge is 0.399 e. The predicted octanol–water partition coefficient (Wildman–Crippen LogP) is 0.422. The first kappa shape index (κ1) is 11.7. The van der Waals surface area contributed by atoms with E-state index in [-0.39, 0.29) is 12.3 Å². The molecular weight excluding hydrogens is 192 g/mol. The third kappa shape index (κ3) is 4.10. The lowest BCUT2D eigenvalue weighted by molar-refractivity contribution is 0.0985. The molecule has 0 aromatic heterocycles. The topological polar surface area (TPSA) is 75.3 Å². The van der Waals surface area contributed by atoms with E-state index in [9.17, 15) is 4.79 Å². The number of nitrogens with one attached hydrogen (secondary N) is 1. The fraction of sp³-hybridized carbons (Fsp3) is 0.364. The number of aliphatic hydroxyl groups is 1. The van der Waals surface area contributed by atoms with E-state index in [1.54, 1.807) is 31.2 Å². The number of benzene rings is 1. The van der Waals surface area contributed by atoms with Crippen molar-refractivity contribution in [3.8, 4) is 0 Å². The Labute approximate surface area is 89.1 Å². The number of rotatable bonds is 5. The minimum absolute atomic E-state index is 0.0250. The van der Waals surface area contributed by atoms with Crippen LogP contribution in [0.1, 0.15) is 17.3 Å². The van der Waals surface area contributed by atoms with Crippen LogP contribution in [0.5, 0.6) is 0 Å². The molecule has 0 heterocycles. The summed E-state index contributed by atoms with van der Waals surface area (Å²) in [5.41, 5.74) is 6.73. The number of hydrogen-bond acceptors (Lipinski definition) is 4. The molecule has 1 rings (SSSR count). The Bertz CT molecular complexity index is 337. The number of nitrogen functional groups attached to an aromatic ring is 1. The average Bonchev–Trinajstić information content (AvgIpc) is 2.17. The first-order chi connectivity index (χ1) is 7.09. The van der Waals surface area contributed by atoms with Crippen molar-refractivity contribution in [2.75, 3.05) is 18.8 Å². The number of aliphatic hydroxyl groups excluding tert-OH is 1. The molecule has 4 N–H and O–H groups in total. The summed E-state index contributed by atoms with van der Waals surface area (Å²) >= 11 is 0. The van der Waals surface area contributed by atoms with Gasteiger partial charge >= 0.3 is 0 Å². The van der Waals surface area contributed by atoms with Gasteiger partial charge in [0, 0.05) is 17.8 Å². The molecule has 0 radical (unpaired) electrons. The van der Waals surface area contributed by atoms with E-state index in [4.69, 9.17) is 10.8 Å². The molecule has 1 aromatic rings. The number of anilines is 1. The van der Waals surface area contributed by atoms with Crippen molar-refractivity contribution in [3.05, 3.63) is 29.8 Å². The summed E-state index contributed by atoms with van der Waals surface area (Å²) in [7, 11) is 0. The van der Waals surface area contributed by atoms with Crippen LogP contribution >= 0.6 is 0 Å². The van der Waals surface area contributed by atoms with Crippen molar-refractivity contribution in [2.24, 2.45) is 0 Å². The number of carbonyl (C=O) groups excluding carboxylic acids is 1. The molecule has 0 aliphatic rings. The fourth-order valence-electron chi connectivity index (χ4n) is 1.21. The van der Waals surface area contributed by atoms with E-state index >= 15 is 0 Å². The van der Waals surface area contributed by atoms with Crippen molar-refractivity contribution in [3.63, 3.8) is 0 Å². The lowest BCUT2D eigenvalue weighted by Gasteiger charge is -2.06. The number of Topliss-reactive ketones (excluding diaryl/α,β-unsaturated/α-hetero) is 1. The molecule has 0 saturated carbocycles. The average molecular weight is 208 g/mol. The van der Waals surface area contributed by atoms with Crippen LogP contribution in [0.3, 0.4) is 0 Å². The SMILES string of the molecule is CC(O)CNCC(=O)c1cccc(N)c1. The minimum atomic E-state index is -0.446. The summed E-state index contributed by atoms with van der Waals surface area (Å²) in [5.74, 6) is -0.0250. The van der Waals surface area contributed by atoms with E-state index in [0.29, 0.717) is 17.8 Å². The van der Waals surface area contributed by atoms with Crippen LogP contribution < -0.4 is 11.1 Å². The van der Waals surface area contributed by atoms with Gasteiger partial charge in [-0.05, 0) is 19.1 Å². The van der Waals surface area contributed by atoms with Gasteiger partial charge in [-0.2, -0.15) is 0 Å². The molecule has 1 unspecified atom stereocenters. The van der Waals surface area contributed by atoms with Gasteiger partial charge in [0.05, 0.1) is 12.6 Å². The molecule has 4 nitrogen and oxygen atoms in total. The molecule has 82 valence electrons. The van der Waals surface area contributed by atoms with Gasteiger partial charge in [-0.25, -0.2) is 0 Å². The van der Waals surface area contributed by atoms with Crippen LogP contribution in [0.2, 0.25) is 0 Å². The highest BCUT2D eigenvalue weighted by Gasteiger charge is 2.05. The fourth-order valence-corrected chi connectivity index (χ4v) is 1.21. The maximum absolute atomic E-state index is 11.6. The summed E-state index contributed by atoms with van der Waals surface area (Å²) in [6.07, 6.45) is -0.446. The standard InChI is InChI=1S/C11H16N2O2/c1-8(14)6-13-7-11(15)9-3-2-4-10(12)5-9/h2-5,8,13-14H,6-7,12H2,1H3. The van der Waals surface area contributed by atoms with Crippen molar-refractivity contribution in [1.29, 1.82) is 0 Å². The Morgan fingerprint density at radius 2 is 2.33 bits per heavy atom. The van der Waals surface area contributed by atoms with Gasteiger partial charge in [0.2, 0.25) is 0 Å². The first-order valence-electron chi connectivity index (χ1n) is 4.87. The summed E-state index contributed by atoms with van der Waals surface area (Å²) in [6, 6.07) is 6.85. The molecule has 0 amide bonds. The van der Waals surface area contributed by atoms with E-state index in [1.807, 2.05) is 0 Å². The zero-order valence-electron chi connectivity index (χ0n) is 8.73. The molecule has 0 spiro atoms. The zero-order chi connectivity index (χ0) is 11.3. The zero-order valence-corrected chi connectivity index (χ0v) is 8.73. The number of hydrogen-bond donors (Lipinski definition) is 3. The second kappa shape index (κ2) is 5.48. The van der Waals surface area contributed by atoms with Crippen molar-refractivity contribution >= 4 is 11.5 Å². The van der Waals surface area contributed by atoms with E-state index in [0.717, 1.165) is 0 Å². The molecule has 1 aromatic carbocycles. The smallest absolute Gasteiger partial charge is 0.176 e. The van der Waals surface area contributed by atoms with Crippen molar-refractivity contribution in [2.45, 2.75) is 13.0 Å². The molecule has 1 atom stereocenters. The number of carbonyl (C=O) groups is 1. The molecule has 0 aliphatic carbocycles. The third-order valence-electron chi connectivity index (χ3n) is 1.93. The number of ketones is 1. The van der Waals surface area contributed by atoms with Gasteiger partial charge in [-0.15, -0.1) is 0 Å². The predicted molar refractivity (Wildman–Crippen MR) is 59.7 cm³/mol. The van der Waals surface area contributed by atoms with E-state index < -0.39 is 6.10 Å². The molecule has 0 saturated heterocycles. The Balaban J connectivity index is 2.47. The second-order valence-corrected chi connectivity index (χ2v) is 3.53. The normalized spacial score (nSPS) is 12.4. The van der Waals surface area contributed by atoms with Crippen LogP contribution in [-0.4, -0.2) is 30.1 Å². The molecule has 4 heteroatoms. The third-order valence-corrected chi connectivity index (χ3v) is 1.93. The summed E-state index contributed by atoms with van der Waals surface area (Å²) in [4.78, 5) is 11.6. The van der Waals surface area contributed by atoms with Crippen LogP contribution in [0.25, 0.3) is 0 Å². The molecule has 0 bridgehead atoms. The maximum Gasteiger partial charge on any atom is 0.176 e. The van der Waals surface area contributed by atoms with Crippen LogP contribution in [-0.2, 0) is 0 Å². The lowest BCUT2D eigenvalue weighted by atomic mass is 10.1. The highest BCUT2D eigenvalue weighted by molar-refractivity contribution is 5.98. The van der Waals surface area contributed by atoms with Crippen molar-refractivity contribution < 1.29 is 9.90 Å². The Hall–Kier alpha value is -1.39. The van der Waals surface area contributed by atoms with Gasteiger partial charge in [-0.3, -0.25) is 4.79 Å². The van der Waals surface area contributed by atoms with E-state index in [1.165, 1.54) is 0 Å². The van der Waals surface area contributed by atoms with Crippen LogP contribution in [0.4, 0.5) is 5.69 Å². The molecule has 0 aliphatic heterocycles. The van der Waals surface area contributed by atoms with E-state index in [2.05, 4.69) is 5.32 Å². The lowest BCUT2D eigenvalue weighted by Crippen LogP contribution is -2.29. The quantitative estimate of drug-likeness (QED) is 0.484. The van der Waals surface area contributed by atoms with Crippen LogP contribution in [0, 0.1) is 0 Å². The summed E-state index contributed by atoms with van der Waals surface area (Å²) < 4.78 is 0. The molecule has 15 heavy (non-hydrogen) atoms. The number of nitrogens with two attached hydrogens (primary N) is 1. The Morgan fingerprint density at radius 1 is 1.60 bits per heavy atom. The molecule has 0 fully saturated rings. The summed E-state index contributed by atoms with van der Waals surface area (Å²) in [6.45, 7) is 2.29. The van der Waals surface area contributed by atoms with Gasteiger partial charge < -0.3 is 16.2 Å². The van der Waals surface area contributed by atoms with Gasteiger partial charge in [-0.1, -0.05) is 12.1 Å². The van der Waals surface area contributed by atoms with Crippen molar-refractivity contribution in [1.82, 2.24) is 5.32 Å². The minimum Gasteiger partial charge on any atom is -0.399 e. The first-order valence-corrected chi connectivity index (χ1v) is 4.87.